The lowest BCUT2D eigenvalue weighted by Crippen LogP contribution is -2.31. The van der Waals surface area contributed by atoms with Crippen molar-refractivity contribution >= 4 is 28.2 Å². The van der Waals surface area contributed by atoms with Crippen molar-refractivity contribution in [1.29, 1.82) is 0 Å². The first kappa shape index (κ1) is 17.1. The van der Waals surface area contributed by atoms with Crippen molar-refractivity contribution in [3.05, 3.63) is 33.9 Å². The van der Waals surface area contributed by atoms with Gasteiger partial charge in [0.1, 0.15) is 0 Å². The molecule has 1 aromatic rings. The van der Waals surface area contributed by atoms with E-state index in [0.717, 1.165) is 0 Å². The number of hydrogen-bond donors (Lipinski definition) is 2. The Hall–Kier alpha value is -1.96. The molecule has 0 heterocycles. The molecule has 0 spiro atoms. The molecule has 0 saturated carbocycles. The van der Waals surface area contributed by atoms with Crippen LogP contribution in [0.5, 0.6) is 0 Å². The lowest BCUT2D eigenvalue weighted by atomic mass is 10.2. The summed E-state index contributed by atoms with van der Waals surface area (Å²) in [5.41, 5.74) is 0.982. The third kappa shape index (κ3) is 5.50. The number of anilines is 1. The molecule has 116 valence electrons. The average Bonchev–Trinajstić information content (AvgIpc) is 2.37. The Morgan fingerprint density at radius 2 is 2.14 bits per heavy atom. The molecule has 8 heteroatoms. The Labute approximate surface area is 125 Å². The summed E-state index contributed by atoms with van der Waals surface area (Å²) in [5, 5.41) is 16.0. The van der Waals surface area contributed by atoms with Crippen molar-refractivity contribution in [2.24, 2.45) is 0 Å². The van der Waals surface area contributed by atoms with Crippen LogP contribution in [0.15, 0.2) is 18.2 Å². The van der Waals surface area contributed by atoms with E-state index in [0.29, 0.717) is 24.2 Å². The number of benzene rings is 1. The minimum absolute atomic E-state index is 0.0141. The number of carbonyl (C=O) groups excluding carboxylic acids is 1. The fraction of sp³-hybridized carbons (Fsp3) is 0.462. The summed E-state index contributed by atoms with van der Waals surface area (Å²) in [6.07, 6.45) is 2.25. The standard InChI is InChI=1S/C13H19N3O4S/c1-9-8-11(4-5-12(9)16(18)19)15-13(17)14-7-6-10(2)21(3)20/h4-5,8,10H,6-7H2,1-3H3,(H2,14,15,17)/t10-,21-/m1/s1. The maximum Gasteiger partial charge on any atom is 0.319 e. The van der Waals surface area contributed by atoms with Gasteiger partial charge in [-0.05, 0) is 25.5 Å². The first-order valence-electron chi connectivity index (χ1n) is 6.43. The van der Waals surface area contributed by atoms with Crippen molar-refractivity contribution in [3.63, 3.8) is 0 Å². The molecule has 0 aliphatic rings. The minimum Gasteiger partial charge on any atom is -0.338 e. The number of rotatable bonds is 6. The third-order valence-corrected chi connectivity index (χ3v) is 4.42. The molecule has 0 aliphatic carbocycles. The summed E-state index contributed by atoms with van der Waals surface area (Å²) < 4.78 is 11.2. The van der Waals surface area contributed by atoms with E-state index in [2.05, 4.69) is 10.6 Å². The number of nitro groups is 1. The normalized spacial score (nSPS) is 13.3. The number of nitro benzene ring substituents is 1. The van der Waals surface area contributed by atoms with Gasteiger partial charge in [0.2, 0.25) is 0 Å². The van der Waals surface area contributed by atoms with Crippen molar-refractivity contribution in [3.8, 4) is 0 Å². The van der Waals surface area contributed by atoms with Crippen LogP contribution in [0.4, 0.5) is 16.2 Å². The molecule has 1 rings (SSSR count). The van der Waals surface area contributed by atoms with E-state index in [4.69, 9.17) is 0 Å². The van der Waals surface area contributed by atoms with Gasteiger partial charge in [-0.25, -0.2) is 4.79 Å². The van der Waals surface area contributed by atoms with Crippen LogP contribution in [0.1, 0.15) is 18.9 Å². The van der Waals surface area contributed by atoms with Crippen LogP contribution < -0.4 is 10.6 Å². The second-order valence-corrected chi connectivity index (χ2v) is 6.54. The van der Waals surface area contributed by atoms with Crippen molar-refractivity contribution < 1.29 is 13.9 Å². The van der Waals surface area contributed by atoms with Crippen LogP contribution in [0.25, 0.3) is 0 Å². The van der Waals surface area contributed by atoms with Crippen LogP contribution in [0.3, 0.4) is 0 Å². The highest BCUT2D eigenvalue weighted by atomic mass is 32.2. The first-order valence-corrected chi connectivity index (χ1v) is 8.05. The summed E-state index contributed by atoms with van der Waals surface area (Å²) in [6, 6.07) is 3.99. The number of amides is 2. The van der Waals surface area contributed by atoms with E-state index in [9.17, 15) is 19.1 Å². The number of carbonyl (C=O) groups is 1. The lowest BCUT2D eigenvalue weighted by Gasteiger charge is -2.10. The van der Waals surface area contributed by atoms with Crippen molar-refractivity contribution in [2.75, 3.05) is 18.1 Å². The number of hydrogen-bond acceptors (Lipinski definition) is 4. The summed E-state index contributed by atoms with van der Waals surface area (Å²) >= 11 is 0. The Kier molecular flexibility index (Phi) is 6.29. The van der Waals surface area contributed by atoms with E-state index in [-0.39, 0.29) is 10.9 Å². The zero-order valence-corrected chi connectivity index (χ0v) is 13.0. The maximum absolute atomic E-state index is 11.7. The monoisotopic (exact) mass is 313 g/mol. The van der Waals surface area contributed by atoms with E-state index in [1.54, 1.807) is 19.2 Å². The van der Waals surface area contributed by atoms with Gasteiger partial charge in [-0.3, -0.25) is 14.3 Å². The smallest absolute Gasteiger partial charge is 0.319 e. The van der Waals surface area contributed by atoms with Gasteiger partial charge >= 0.3 is 6.03 Å². The second kappa shape index (κ2) is 7.72. The molecule has 1 aromatic carbocycles. The fourth-order valence-corrected chi connectivity index (χ4v) is 2.12. The highest BCUT2D eigenvalue weighted by molar-refractivity contribution is 7.84. The number of nitrogens with one attached hydrogen (secondary N) is 2. The van der Waals surface area contributed by atoms with Gasteiger partial charge in [-0.1, -0.05) is 6.92 Å². The molecular formula is C13H19N3O4S. The van der Waals surface area contributed by atoms with Crippen LogP contribution in [-0.4, -0.2) is 33.2 Å². The Bertz CT molecular complexity index is 562. The largest absolute Gasteiger partial charge is 0.338 e. The van der Waals surface area contributed by atoms with Crippen LogP contribution in [0.2, 0.25) is 0 Å². The molecule has 7 nitrogen and oxygen atoms in total. The molecular weight excluding hydrogens is 294 g/mol. The topological polar surface area (TPSA) is 101 Å². The summed E-state index contributed by atoms with van der Waals surface area (Å²) in [5.74, 6) is 0. The molecule has 0 bridgehead atoms. The molecule has 2 N–H and O–H groups in total. The van der Waals surface area contributed by atoms with Crippen LogP contribution in [0, 0.1) is 17.0 Å². The van der Waals surface area contributed by atoms with Gasteiger partial charge in [-0.2, -0.15) is 0 Å². The zero-order chi connectivity index (χ0) is 16.0. The molecule has 0 aromatic heterocycles. The molecule has 2 amide bonds. The highest BCUT2D eigenvalue weighted by Gasteiger charge is 2.11. The summed E-state index contributed by atoms with van der Waals surface area (Å²) in [7, 11) is -0.909. The summed E-state index contributed by atoms with van der Waals surface area (Å²) in [4.78, 5) is 21.9. The Morgan fingerprint density at radius 3 is 2.67 bits per heavy atom. The lowest BCUT2D eigenvalue weighted by molar-refractivity contribution is -0.385. The molecule has 0 fully saturated rings. The number of urea groups is 1. The molecule has 0 saturated heterocycles. The molecule has 21 heavy (non-hydrogen) atoms. The van der Waals surface area contributed by atoms with Gasteiger partial charge in [0.25, 0.3) is 5.69 Å². The molecule has 0 radical (unpaired) electrons. The predicted octanol–water partition coefficient (Wildman–Crippen LogP) is 2.18. The van der Waals surface area contributed by atoms with Gasteiger partial charge in [0.15, 0.2) is 0 Å². The quantitative estimate of drug-likeness (QED) is 0.620. The van der Waals surface area contributed by atoms with Gasteiger partial charge < -0.3 is 10.6 Å². The third-order valence-electron chi connectivity index (χ3n) is 3.05. The highest BCUT2D eigenvalue weighted by Crippen LogP contribution is 2.21. The Morgan fingerprint density at radius 1 is 1.48 bits per heavy atom. The minimum atomic E-state index is -0.909. The molecule has 2 atom stereocenters. The van der Waals surface area contributed by atoms with E-state index >= 15 is 0 Å². The molecule has 0 aliphatic heterocycles. The Balaban J connectivity index is 2.50. The zero-order valence-electron chi connectivity index (χ0n) is 12.2. The molecule has 0 unspecified atom stereocenters. The van der Waals surface area contributed by atoms with E-state index < -0.39 is 21.8 Å². The number of aryl methyl sites for hydroxylation is 1. The first-order chi connectivity index (χ1) is 9.81. The number of nitrogens with zero attached hydrogens (tertiary/aromatic N) is 1. The van der Waals surface area contributed by atoms with Crippen LogP contribution >= 0.6 is 0 Å². The van der Waals surface area contributed by atoms with Gasteiger partial charge in [0, 0.05) is 46.2 Å². The fourth-order valence-electron chi connectivity index (χ4n) is 1.67. The van der Waals surface area contributed by atoms with E-state index in [1.807, 2.05) is 6.92 Å². The maximum atomic E-state index is 11.7. The SMILES string of the molecule is Cc1cc(NC(=O)NCC[C@@H](C)[S@@](C)=O)ccc1[N+](=O)[O-]. The van der Waals surface area contributed by atoms with Gasteiger partial charge in [-0.15, -0.1) is 0 Å². The predicted molar refractivity (Wildman–Crippen MR) is 83.0 cm³/mol. The van der Waals surface area contributed by atoms with E-state index in [1.165, 1.54) is 12.1 Å². The second-order valence-electron chi connectivity index (χ2n) is 4.74. The van der Waals surface area contributed by atoms with Crippen LogP contribution in [-0.2, 0) is 10.8 Å². The average molecular weight is 313 g/mol. The summed E-state index contributed by atoms with van der Waals surface area (Å²) in [6.45, 7) is 3.88. The van der Waals surface area contributed by atoms with Gasteiger partial charge in [0.05, 0.1) is 4.92 Å². The van der Waals surface area contributed by atoms with Crippen molar-refractivity contribution in [1.82, 2.24) is 5.32 Å². The van der Waals surface area contributed by atoms with Crippen molar-refractivity contribution in [2.45, 2.75) is 25.5 Å².